The number of hydrogen-bond acceptors (Lipinski definition) is 5. The molecule has 0 aromatic carbocycles. The average molecular weight is 295 g/mol. The minimum Gasteiger partial charge on any atom is -0.394 e. The lowest BCUT2D eigenvalue weighted by molar-refractivity contribution is 0.124. The van der Waals surface area contributed by atoms with E-state index in [0.717, 1.165) is 42.9 Å². The van der Waals surface area contributed by atoms with Gasteiger partial charge in [0, 0.05) is 23.2 Å². The molecule has 0 bridgehead atoms. The van der Waals surface area contributed by atoms with Crippen LogP contribution in [-0.2, 0) is 0 Å². The summed E-state index contributed by atoms with van der Waals surface area (Å²) in [5.41, 5.74) is 0.990. The summed E-state index contributed by atoms with van der Waals surface area (Å²) in [7, 11) is 0. The second kappa shape index (κ2) is 7.38. The maximum atomic E-state index is 9.79. The van der Waals surface area contributed by atoms with Crippen LogP contribution in [0.15, 0.2) is 17.6 Å². The molecule has 1 saturated carbocycles. The third-order valence-corrected chi connectivity index (χ3v) is 5.04. The molecule has 20 heavy (non-hydrogen) atoms. The molecule has 0 saturated heterocycles. The van der Waals surface area contributed by atoms with E-state index < -0.39 is 0 Å². The maximum absolute atomic E-state index is 9.79. The average Bonchev–Trinajstić information content (AvgIpc) is 2.48. The van der Waals surface area contributed by atoms with Gasteiger partial charge < -0.3 is 10.4 Å². The van der Waals surface area contributed by atoms with Gasteiger partial charge in [0.05, 0.1) is 6.61 Å². The van der Waals surface area contributed by atoms with Crippen LogP contribution in [0.3, 0.4) is 0 Å². The van der Waals surface area contributed by atoms with Crippen LogP contribution in [0, 0.1) is 6.92 Å². The van der Waals surface area contributed by atoms with Gasteiger partial charge in [-0.1, -0.05) is 25.1 Å². The lowest BCUT2D eigenvalue weighted by Crippen LogP contribution is -2.52. The molecule has 112 valence electrons. The van der Waals surface area contributed by atoms with Gasteiger partial charge in [0.25, 0.3) is 0 Å². The number of hydrogen-bond donors (Lipinski definition) is 2. The van der Waals surface area contributed by atoms with E-state index in [-0.39, 0.29) is 12.1 Å². The minimum absolute atomic E-state index is 0.101. The summed E-state index contributed by atoms with van der Waals surface area (Å²) in [5.74, 6) is 0. The van der Waals surface area contributed by atoms with Crippen molar-refractivity contribution in [1.82, 2.24) is 15.3 Å². The second-order valence-corrected chi connectivity index (χ2v) is 7.01. The van der Waals surface area contributed by atoms with Crippen LogP contribution in [0.1, 0.15) is 44.6 Å². The number of aliphatic hydroxyl groups is 1. The molecule has 2 atom stereocenters. The molecule has 1 aromatic heterocycles. The molecule has 1 aliphatic carbocycles. The fourth-order valence-electron chi connectivity index (χ4n) is 2.75. The van der Waals surface area contributed by atoms with Crippen LogP contribution in [0.4, 0.5) is 0 Å². The van der Waals surface area contributed by atoms with Crippen molar-refractivity contribution in [3.05, 3.63) is 18.0 Å². The zero-order valence-electron chi connectivity index (χ0n) is 12.4. The summed E-state index contributed by atoms with van der Waals surface area (Å²) in [6.07, 6.45) is 9.22. The van der Waals surface area contributed by atoms with Gasteiger partial charge in [-0.05, 0) is 44.7 Å². The van der Waals surface area contributed by atoms with E-state index in [9.17, 15) is 5.11 Å². The van der Waals surface area contributed by atoms with Crippen LogP contribution in [0.5, 0.6) is 0 Å². The molecule has 4 nitrogen and oxygen atoms in total. The predicted octanol–water partition coefficient (Wildman–Crippen LogP) is 2.55. The number of rotatable bonds is 6. The van der Waals surface area contributed by atoms with Gasteiger partial charge in [0.1, 0.15) is 0 Å². The molecule has 1 heterocycles. The van der Waals surface area contributed by atoms with Crippen molar-refractivity contribution in [3.63, 3.8) is 0 Å². The Labute approximate surface area is 125 Å². The van der Waals surface area contributed by atoms with Crippen molar-refractivity contribution in [2.24, 2.45) is 0 Å². The number of aliphatic hydroxyl groups excluding tert-OH is 1. The van der Waals surface area contributed by atoms with E-state index in [1.54, 1.807) is 11.8 Å². The lowest BCUT2D eigenvalue weighted by atomic mass is 9.82. The van der Waals surface area contributed by atoms with Crippen molar-refractivity contribution < 1.29 is 5.11 Å². The summed E-state index contributed by atoms with van der Waals surface area (Å²) in [5, 5.41) is 14.7. The molecule has 0 aliphatic heterocycles. The fraction of sp³-hybridized carbons (Fsp3) is 0.733. The Hall–Kier alpha value is -0.650. The fourth-order valence-corrected chi connectivity index (χ4v) is 3.96. The van der Waals surface area contributed by atoms with Crippen molar-refractivity contribution >= 4 is 11.8 Å². The molecule has 0 amide bonds. The zero-order valence-corrected chi connectivity index (χ0v) is 13.2. The molecule has 0 radical (unpaired) electrons. The first-order valence-corrected chi connectivity index (χ1v) is 8.36. The highest BCUT2D eigenvalue weighted by molar-refractivity contribution is 7.99. The Kier molecular flexibility index (Phi) is 5.81. The van der Waals surface area contributed by atoms with Crippen molar-refractivity contribution in [1.29, 1.82) is 0 Å². The molecule has 1 aliphatic rings. The van der Waals surface area contributed by atoms with Gasteiger partial charge in [0.15, 0.2) is 5.16 Å². The molecule has 1 aromatic rings. The summed E-state index contributed by atoms with van der Waals surface area (Å²) >= 11 is 1.75. The van der Waals surface area contributed by atoms with E-state index in [4.69, 9.17) is 0 Å². The van der Waals surface area contributed by atoms with E-state index in [0.29, 0.717) is 5.25 Å². The summed E-state index contributed by atoms with van der Waals surface area (Å²) in [6, 6.07) is 0. The Morgan fingerprint density at radius 2 is 2.20 bits per heavy atom. The van der Waals surface area contributed by atoms with E-state index >= 15 is 0 Å². The van der Waals surface area contributed by atoms with Crippen molar-refractivity contribution in [2.75, 3.05) is 13.2 Å². The van der Waals surface area contributed by atoms with Crippen LogP contribution >= 0.6 is 11.8 Å². The Morgan fingerprint density at radius 1 is 1.45 bits per heavy atom. The van der Waals surface area contributed by atoms with Gasteiger partial charge in [-0.2, -0.15) is 0 Å². The van der Waals surface area contributed by atoms with E-state index in [1.807, 2.05) is 19.3 Å². The Balaban J connectivity index is 1.96. The molecule has 2 N–H and O–H groups in total. The van der Waals surface area contributed by atoms with Crippen molar-refractivity contribution in [2.45, 2.75) is 61.9 Å². The van der Waals surface area contributed by atoms with Crippen LogP contribution in [0.25, 0.3) is 0 Å². The molecule has 2 rings (SSSR count). The highest BCUT2D eigenvalue weighted by Crippen LogP contribution is 2.37. The first-order valence-electron chi connectivity index (χ1n) is 7.48. The van der Waals surface area contributed by atoms with Gasteiger partial charge in [0.2, 0.25) is 0 Å². The molecule has 2 unspecified atom stereocenters. The predicted molar refractivity (Wildman–Crippen MR) is 83.0 cm³/mol. The minimum atomic E-state index is -0.101. The van der Waals surface area contributed by atoms with Crippen LogP contribution in [0.2, 0.25) is 0 Å². The van der Waals surface area contributed by atoms with Crippen LogP contribution < -0.4 is 5.32 Å². The normalized spacial score (nSPS) is 26.6. The quantitative estimate of drug-likeness (QED) is 0.790. The molecular formula is C15H25N3OS. The van der Waals surface area contributed by atoms with Gasteiger partial charge >= 0.3 is 0 Å². The van der Waals surface area contributed by atoms with E-state index in [1.165, 1.54) is 6.42 Å². The molecule has 5 heteroatoms. The maximum Gasteiger partial charge on any atom is 0.187 e. The van der Waals surface area contributed by atoms with Gasteiger partial charge in [-0.25, -0.2) is 9.97 Å². The number of nitrogens with one attached hydrogen (secondary N) is 1. The third-order valence-electron chi connectivity index (χ3n) is 3.88. The van der Waals surface area contributed by atoms with Gasteiger partial charge in [-0.15, -0.1) is 0 Å². The monoisotopic (exact) mass is 295 g/mol. The highest BCUT2D eigenvalue weighted by Gasteiger charge is 2.35. The molecule has 1 fully saturated rings. The van der Waals surface area contributed by atoms with Crippen molar-refractivity contribution in [3.8, 4) is 0 Å². The number of aromatic nitrogens is 2. The largest absolute Gasteiger partial charge is 0.394 e. The number of thioether (sulfide) groups is 1. The topological polar surface area (TPSA) is 58.0 Å². The zero-order chi connectivity index (χ0) is 14.4. The van der Waals surface area contributed by atoms with Gasteiger partial charge in [-0.3, -0.25) is 0 Å². The smallest absolute Gasteiger partial charge is 0.187 e. The number of aryl methyl sites for hydroxylation is 1. The highest BCUT2D eigenvalue weighted by atomic mass is 32.2. The SMILES string of the molecule is CCCNC1(CO)CCCC(Sc2ncc(C)cn2)C1. The second-order valence-electron chi connectivity index (χ2n) is 5.74. The first kappa shape index (κ1) is 15.7. The molecule has 0 spiro atoms. The molecular weight excluding hydrogens is 270 g/mol. The third kappa shape index (κ3) is 4.17. The van der Waals surface area contributed by atoms with Crippen LogP contribution in [-0.4, -0.2) is 39.0 Å². The standard InChI is InChI=1S/C15H25N3OS/c1-3-7-18-15(11-19)6-4-5-13(8-15)20-14-16-9-12(2)10-17-14/h9-10,13,18-19H,3-8,11H2,1-2H3. The van der Waals surface area contributed by atoms with E-state index in [2.05, 4.69) is 22.2 Å². The Morgan fingerprint density at radius 3 is 2.85 bits per heavy atom. The number of nitrogens with zero attached hydrogens (tertiary/aromatic N) is 2. The lowest BCUT2D eigenvalue weighted by Gasteiger charge is -2.40. The Bertz CT molecular complexity index is 412. The summed E-state index contributed by atoms with van der Waals surface area (Å²) < 4.78 is 0. The summed E-state index contributed by atoms with van der Waals surface area (Å²) in [6.45, 7) is 5.35. The first-order chi connectivity index (χ1) is 9.67. The summed E-state index contributed by atoms with van der Waals surface area (Å²) in [4.78, 5) is 8.75.